The molecule has 3 unspecified atom stereocenters. The number of nitrogens with zero attached hydrogens (tertiary/aromatic N) is 2. The summed E-state index contributed by atoms with van der Waals surface area (Å²) in [6.07, 6.45) is 7.55. The Morgan fingerprint density at radius 3 is 3.05 bits per heavy atom. The van der Waals surface area contributed by atoms with Gasteiger partial charge in [0, 0.05) is 18.4 Å². The van der Waals surface area contributed by atoms with Crippen molar-refractivity contribution in [1.82, 2.24) is 9.55 Å². The molecule has 4 nitrogen and oxygen atoms in total. The van der Waals surface area contributed by atoms with Crippen LogP contribution in [0.25, 0.3) is 10.7 Å². The van der Waals surface area contributed by atoms with Crippen molar-refractivity contribution in [3.8, 4) is 10.7 Å². The van der Waals surface area contributed by atoms with E-state index in [4.69, 9.17) is 0 Å². The Morgan fingerprint density at radius 1 is 1.52 bits per heavy atom. The number of thiophene rings is 1. The van der Waals surface area contributed by atoms with Crippen LogP contribution in [0.5, 0.6) is 0 Å². The minimum Gasteiger partial charge on any atom is -0.481 e. The summed E-state index contributed by atoms with van der Waals surface area (Å²) in [7, 11) is 0. The Labute approximate surface area is 128 Å². The lowest BCUT2D eigenvalue weighted by Gasteiger charge is -2.35. The van der Waals surface area contributed by atoms with Crippen LogP contribution in [0, 0.1) is 11.8 Å². The zero-order chi connectivity index (χ0) is 14.8. The number of hydrogen-bond donors (Lipinski definition) is 1. The molecule has 21 heavy (non-hydrogen) atoms. The predicted octanol–water partition coefficient (Wildman–Crippen LogP) is 4.06. The highest BCUT2D eigenvalue weighted by atomic mass is 32.1. The minimum atomic E-state index is -0.680. The summed E-state index contributed by atoms with van der Waals surface area (Å²) in [5, 5.41) is 11.6. The Morgan fingerprint density at radius 2 is 2.38 bits per heavy atom. The van der Waals surface area contributed by atoms with E-state index in [9.17, 15) is 9.90 Å². The molecule has 0 aromatic carbocycles. The number of carboxylic acid groups (broad SMARTS) is 1. The molecule has 3 rings (SSSR count). The minimum absolute atomic E-state index is 0.0146. The van der Waals surface area contributed by atoms with E-state index in [2.05, 4.69) is 16.5 Å². The molecule has 3 atom stereocenters. The van der Waals surface area contributed by atoms with Gasteiger partial charge in [0.1, 0.15) is 5.82 Å². The van der Waals surface area contributed by atoms with Gasteiger partial charge in [0.15, 0.2) is 0 Å². The topological polar surface area (TPSA) is 55.1 Å². The Balaban J connectivity index is 1.96. The van der Waals surface area contributed by atoms with Crippen molar-refractivity contribution in [3.63, 3.8) is 0 Å². The van der Waals surface area contributed by atoms with E-state index < -0.39 is 5.97 Å². The fraction of sp³-hybridized carbons (Fsp3) is 0.500. The van der Waals surface area contributed by atoms with Gasteiger partial charge in [-0.3, -0.25) is 4.79 Å². The number of aromatic nitrogens is 2. The number of hydrogen-bond acceptors (Lipinski definition) is 3. The third-order valence-corrected chi connectivity index (χ3v) is 5.45. The molecular weight excluding hydrogens is 284 g/mol. The first-order chi connectivity index (χ1) is 10.2. The third-order valence-electron chi connectivity index (χ3n) is 4.59. The zero-order valence-corrected chi connectivity index (χ0v) is 12.9. The number of aliphatic carboxylic acids is 1. The average Bonchev–Trinajstić information content (AvgIpc) is 3.16. The van der Waals surface area contributed by atoms with Crippen LogP contribution in [-0.2, 0) is 4.79 Å². The predicted molar refractivity (Wildman–Crippen MR) is 83.3 cm³/mol. The lowest BCUT2D eigenvalue weighted by atomic mass is 9.77. The highest BCUT2D eigenvalue weighted by Crippen LogP contribution is 2.41. The molecule has 1 fully saturated rings. The van der Waals surface area contributed by atoms with E-state index in [0.717, 1.165) is 36.4 Å². The van der Waals surface area contributed by atoms with Crippen molar-refractivity contribution in [2.75, 3.05) is 0 Å². The summed E-state index contributed by atoms with van der Waals surface area (Å²) >= 11 is 1.64. The van der Waals surface area contributed by atoms with Crippen molar-refractivity contribution in [1.29, 1.82) is 0 Å². The third kappa shape index (κ3) is 2.75. The van der Waals surface area contributed by atoms with Gasteiger partial charge in [0.2, 0.25) is 0 Å². The molecule has 2 heterocycles. The lowest BCUT2D eigenvalue weighted by Crippen LogP contribution is -2.32. The molecule has 1 saturated carbocycles. The normalized spacial score (nSPS) is 25.9. The van der Waals surface area contributed by atoms with Gasteiger partial charge in [-0.1, -0.05) is 19.4 Å². The molecule has 0 spiro atoms. The number of carboxylic acids is 1. The summed E-state index contributed by atoms with van der Waals surface area (Å²) < 4.78 is 2.09. The molecule has 5 heteroatoms. The van der Waals surface area contributed by atoms with Gasteiger partial charge in [0.25, 0.3) is 0 Å². The SMILES string of the molecule is CCC1CCC(C(=O)O)C(n2ccnc2-c2cccs2)C1. The van der Waals surface area contributed by atoms with Crippen molar-refractivity contribution < 1.29 is 9.90 Å². The Hall–Kier alpha value is -1.62. The second kappa shape index (κ2) is 6.02. The standard InChI is InChI=1S/C16H20N2O2S/c1-2-11-5-6-12(16(19)20)13(10-11)18-8-7-17-15(18)14-4-3-9-21-14/h3-4,7-9,11-13H,2,5-6,10H2,1H3,(H,19,20). The smallest absolute Gasteiger partial charge is 0.308 e. The van der Waals surface area contributed by atoms with Gasteiger partial charge in [-0.25, -0.2) is 4.98 Å². The fourth-order valence-electron chi connectivity index (χ4n) is 3.37. The first-order valence-corrected chi connectivity index (χ1v) is 8.38. The summed E-state index contributed by atoms with van der Waals surface area (Å²) in [6.45, 7) is 2.19. The maximum atomic E-state index is 11.6. The van der Waals surface area contributed by atoms with Crippen molar-refractivity contribution in [2.24, 2.45) is 11.8 Å². The molecule has 112 valence electrons. The summed E-state index contributed by atoms with van der Waals surface area (Å²) in [5.41, 5.74) is 0. The molecule has 0 bridgehead atoms. The largest absolute Gasteiger partial charge is 0.481 e. The molecule has 2 aromatic heterocycles. The van der Waals surface area contributed by atoms with Gasteiger partial charge >= 0.3 is 5.97 Å². The molecule has 0 saturated heterocycles. The number of imidazole rings is 1. The quantitative estimate of drug-likeness (QED) is 0.926. The number of carbonyl (C=O) groups is 1. The van der Waals surface area contributed by atoms with Gasteiger partial charge in [0.05, 0.1) is 10.8 Å². The van der Waals surface area contributed by atoms with E-state index in [1.165, 1.54) is 0 Å². The summed E-state index contributed by atoms with van der Waals surface area (Å²) in [6, 6.07) is 4.06. The molecular formula is C16H20N2O2S. The van der Waals surface area contributed by atoms with Gasteiger partial charge < -0.3 is 9.67 Å². The van der Waals surface area contributed by atoms with Crippen molar-refractivity contribution in [2.45, 2.75) is 38.6 Å². The van der Waals surface area contributed by atoms with Crippen LogP contribution in [0.1, 0.15) is 38.6 Å². The van der Waals surface area contributed by atoms with Gasteiger partial charge in [-0.05, 0) is 36.6 Å². The highest BCUT2D eigenvalue weighted by molar-refractivity contribution is 7.13. The fourth-order valence-corrected chi connectivity index (χ4v) is 4.10. The second-order valence-corrected chi connectivity index (χ2v) is 6.68. The first kappa shape index (κ1) is 14.3. The van der Waals surface area contributed by atoms with Crippen LogP contribution in [0.4, 0.5) is 0 Å². The molecule has 1 N–H and O–H groups in total. The second-order valence-electron chi connectivity index (χ2n) is 5.73. The maximum Gasteiger partial charge on any atom is 0.308 e. The maximum absolute atomic E-state index is 11.6. The van der Waals surface area contributed by atoms with E-state index in [1.54, 1.807) is 17.5 Å². The van der Waals surface area contributed by atoms with E-state index in [0.29, 0.717) is 5.92 Å². The van der Waals surface area contributed by atoms with Crippen LogP contribution in [0.2, 0.25) is 0 Å². The lowest BCUT2D eigenvalue weighted by molar-refractivity contribution is -0.145. The van der Waals surface area contributed by atoms with Crippen LogP contribution < -0.4 is 0 Å². The van der Waals surface area contributed by atoms with Crippen molar-refractivity contribution in [3.05, 3.63) is 29.9 Å². The molecule has 0 radical (unpaired) electrons. The first-order valence-electron chi connectivity index (χ1n) is 7.50. The average molecular weight is 304 g/mol. The van der Waals surface area contributed by atoms with Gasteiger partial charge in [-0.2, -0.15) is 0 Å². The van der Waals surface area contributed by atoms with Crippen LogP contribution in [-0.4, -0.2) is 20.6 Å². The molecule has 0 amide bonds. The van der Waals surface area contributed by atoms with E-state index in [1.807, 2.05) is 23.7 Å². The molecule has 0 aliphatic heterocycles. The summed E-state index contributed by atoms with van der Waals surface area (Å²) in [4.78, 5) is 17.2. The molecule has 2 aromatic rings. The van der Waals surface area contributed by atoms with Crippen LogP contribution >= 0.6 is 11.3 Å². The van der Waals surface area contributed by atoms with Crippen molar-refractivity contribution >= 4 is 17.3 Å². The van der Waals surface area contributed by atoms with E-state index in [-0.39, 0.29) is 12.0 Å². The summed E-state index contributed by atoms with van der Waals surface area (Å²) in [5.74, 6) is 0.531. The van der Waals surface area contributed by atoms with Crippen LogP contribution in [0.15, 0.2) is 29.9 Å². The Kier molecular flexibility index (Phi) is 4.10. The van der Waals surface area contributed by atoms with E-state index >= 15 is 0 Å². The van der Waals surface area contributed by atoms with Gasteiger partial charge in [-0.15, -0.1) is 11.3 Å². The molecule has 1 aliphatic carbocycles. The van der Waals surface area contributed by atoms with Crippen LogP contribution in [0.3, 0.4) is 0 Å². The molecule has 1 aliphatic rings. The number of rotatable bonds is 4. The Bertz CT molecular complexity index is 606. The highest BCUT2D eigenvalue weighted by Gasteiger charge is 2.36. The zero-order valence-electron chi connectivity index (χ0n) is 12.1. The monoisotopic (exact) mass is 304 g/mol.